The molecule has 0 aliphatic carbocycles. The van der Waals surface area contributed by atoms with E-state index in [2.05, 4.69) is 20.6 Å². The molecular weight excluding hydrogens is 178 g/mol. The highest BCUT2D eigenvalue weighted by Crippen LogP contribution is 2.07. The molecule has 0 fully saturated rings. The van der Waals surface area contributed by atoms with E-state index in [-0.39, 0.29) is 5.91 Å². The van der Waals surface area contributed by atoms with Crippen LogP contribution in [0.4, 0.5) is 0 Å². The van der Waals surface area contributed by atoms with Gasteiger partial charge in [0.05, 0.1) is 5.75 Å². The van der Waals surface area contributed by atoms with Crippen LogP contribution in [0.1, 0.15) is 0 Å². The Morgan fingerprint density at radius 1 is 1.67 bits per heavy atom. The number of carbonyl (C=O) groups excluding carboxylic acids is 1. The maximum atomic E-state index is 10.7. The number of aromatic nitrogens is 3. The third-order valence-electron chi connectivity index (χ3n) is 1.22. The Morgan fingerprint density at radius 2 is 2.58 bits per heavy atom. The van der Waals surface area contributed by atoms with Crippen LogP contribution in [0.3, 0.4) is 0 Å². The van der Waals surface area contributed by atoms with E-state index in [1.54, 1.807) is 0 Å². The van der Waals surface area contributed by atoms with Crippen molar-refractivity contribution in [3.8, 4) is 0 Å². The number of carbonyl (C=O) groups is 1. The number of hydrazone groups is 1. The summed E-state index contributed by atoms with van der Waals surface area (Å²) in [6, 6.07) is 0. The molecule has 0 spiro atoms. The van der Waals surface area contributed by atoms with Gasteiger partial charge in [-0.05, 0) is 0 Å². The van der Waals surface area contributed by atoms with E-state index in [4.69, 9.17) is 0 Å². The third-order valence-corrected chi connectivity index (χ3v) is 2.17. The molecule has 6 nitrogen and oxygen atoms in total. The summed E-state index contributed by atoms with van der Waals surface area (Å²) in [6.45, 7) is 0. The highest BCUT2D eigenvalue weighted by Gasteiger charge is 2.13. The highest BCUT2D eigenvalue weighted by molar-refractivity contribution is 8.14. The van der Waals surface area contributed by atoms with E-state index in [0.29, 0.717) is 10.9 Å². The van der Waals surface area contributed by atoms with Crippen LogP contribution in [0.25, 0.3) is 0 Å². The monoisotopic (exact) mass is 183 g/mol. The second kappa shape index (κ2) is 2.94. The molecule has 1 aromatic heterocycles. The largest absolute Gasteiger partial charge is 0.272 e. The van der Waals surface area contributed by atoms with Crippen LogP contribution in [-0.4, -0.2) is 31.6 Å². The van der Waals surface area contributed by atoms with Crippen molar-refractivity contribution in [1.82, 2.24) is 20.2 Å². The van der Waals surface area contributed by atoms with Gasteiger partial charge in [-0.3, -0.25) is 4.79 Å². The Bertz CT molecular complexity index is 319. The first-order valence-electron chi connectivity index (χ1n) is 3.20. The minimum atomic E-state index is -0.0936. The number of nitrogens with zero attached hydrogens (tertiary/aromatic N) is 4. The third kappa shape index (κ3) is 1.30. The standard InChI is InChI=1S/C5H5N5OS/c11-4-1-12-5(9-8-4)10-3-6-2-7-10/h2-3H,1H2,(H,8,11). The van der Waals surface area contributed by atoms with Gasteiger partial charge < -0.3 is 0 Å². The normalized spacial score (nSPS) is 17.0. The molecule has 0 radical (unpaired) electrons. The lowest BCUT2D eigenvalue weighted by atomic mass is 10.7. The van der Waals surface area contributed by atoms with Gasteiger partial charge in [-0.2, -0.15) is 9.78 Å². The Morgan fingerprint density at radius 3 is 3.17 bits per heavy atom. The predicted molar refractivity (Wildman–Crippen MR) is 43.5 cm³/mol. The predicted octanol–water partition coefficient (Wildman–Crippen LogP) is -0.740. The first kappa shape index (κ1) is 7.29. The smallest absolute Gasteiger partial charge is 0.250 e. The average Bonchev–Trinajstić information content (AvgIpc) is 2.58. The fourth-order valence-electron chi connectivity index (χ4n) is 0.729. The minimum absolute atomic E-state index is 0.0936. The van der Waals surface area contributed by atoms with Crippen molar-refractivity contribution in [2.75, 3.05) is 5.75 Å². The molecule has 0 saturated heterocycles. The van der Waals surface area contributed by atoms with Crippen molar-refractivity contribution in [1.29, 1.82) is 0 Å². The van der Waals surface area contributed by atoms with E-state index in [1.807, 2.05) is 0 Å². The lowest BCUT2D eigenvalue weighted by Gasteiger charge is -2.09. The van der Waals surface area contributed by atoms with Crippen LogP contribution >= 0.6 is 11.8 Å². The van der Waals surface area contributed by atoms with Gasteiger partial charge in [-0.15, -0.1) is 5.10 Å². The maximum Gasteiger partial charge on any atom is 0.250 e. The number of hydrogen-bond acceptors (Lipinski definition) is 5. The van der Waals surface area contributed by atoms with E-state index in [0.717, 1.165) is 0 Å². The van der Waals surface area contributed by atoms with Gasteiger partial charge in [0.25, 0.3) is 5.91 Å². The van der Waals surface area contributed by atoms with E-state index >= 15 is 0 Å². The Kier molecular flexibility index (Phi) is 1.78. The fourth-order valence-corrected chi connectivity index (χ4v) is 1.39. The summed E-state index contributed by atoms with van der Waals surface area (Å²) in [5.74, 6) is 0.280. The maximum absolute atomic E-state index is 10.7. The molecule has 2 rings (SSSR count). The second-order valence-electron chi connectivity index (χ2n) is 2.06. The lowest BCUT2D eigenvalue weighted by Crippen LogP contribution is -2.29. The van der Waals surface area contributed by atoms with Crippen LogP contribution in [0.2, 0.25) is 0 Å². The van der Waals surface area contributed by atoms with Crippen LogP contribution in [0.15, 0.2) is 17.8 Å². The van der Waals surface area contributed by atoms with E-state index < -0.39 is 0 Å². The van der Waals surface area contributed by atoms with Gasteiger partial charge in [0.2, 0.25) is 5.17 Å². The molecule has 12 heavy (non-hydrogen) atoms. The SMILES string of the molecule is O=C1CSC(n2cncn2)=NN1. The van der Waals surface area contributed by atoms with Gasteiger partial charge >= 0.3 is 0 Å². The Labute approximate surface area is 72.0 Å². The molecule has 1 N–H and O–H groups in total. The average molecular weight is 183 g/mol. The van der Waals surface area contributed by atoms with E-state index in [1.165, 1.54) is 29.1 Å². The highest BCUT2D eigenvalue weighted by atomic mass is 32.2. The molecular formula is C5H5N5OS. The molecule has 1 aliphatic rings. The van der Waals surface area contributed by atoms with Gasteiger partial charge in [-0.1, -0.05) is 11.8 Å². The summed E-state index contributed by atoms with van der Waals surface area (Å²) in [5.41, 5.74) is 2.36. The number of nitrogens with one attached hydrogen (secondary N) is 1. The molecule has 7 heteroatoms. The Hall–Kier alpha value is -1.37. The van der Waals surface area contributed by atoms with Crippen molar-refractivity contribution < 1.29 is 4.79 Å². The molecule has 1 aliphatic heterocycles. The van der Waals surface area contributed by atoms with Crippen molar-refractivity contribution >= 4 is 22.8 Å². The fraction of sp³-hybridized carbons (Fsp3) is 0.200. The molecule has 62 valence electrons. The molecule has 0 saturated carbocycles. The van der Waals surface area contributed by atoms with Crippen LogP contribution < -0.4 is 5.43 Å². The molecule has 0 aromatic carbocycles. The van der Waals surface area contributed by atoms with Crippen LogP contribution in [0, 0.1) is 0 Å². The van der Waals surface area contributed by atoms with Crippen molar-refractivity contribution in [3.05, 3.63) is 12.7 Å². The van der Waals surface area contributed by atoms with E-state index in [9.17, 15) is 4.79 Å². The van der Waals surface area contributed by atoms with Gasteiger partial charge in [0, 0.05) is 0 Å². The van der Waals surface area contributed by atoms with Crippen LogP contribution in [0.5, 0.6) is 0 Å². The Balaban J connectivity index is 2.21. The minimum Gasteiger partial charge on any atom is -0.272 e. The summed E-state index contributed by atoms with van der Waals surface area (Å²) in [5, 5.41) is 8.29. The number of amides is 1. The summed E-state index contributed by atoms with van der Waals surface area (Å²) in [7, 11) is 0. The first-order chi connectivity index (χ1) is 5.86. The number of hydrogen-bond donors (Lipinski definition) is 1. The quantitative estimate of drug-likeness (QED) is 0.575. The molecule has 0 unspecified atom stereocenters. The van der Waals surface area contributed by atoms with Crippen molar-refractivity contribution in [2.45, 2.75) is 0 Å². The van der Waals surface area contributed by atoms with Gasteiger partial charge in [0.1, 0.15) is 12.7 Å². The lowest BCUT2D eigenvalue weighted by molar-refractivity contribution is -0.118. The molecule has 0 bridgehead atoms. The van der Waals surface area contributed by atoms with Crippen LogP contribution in [-0.2, 0) is 4.79 Å². The molecule has 1 aromatic rings. The zero-order valence-corrected chi connectivity index (χ0v) is 6.78. The molecule has 0 atom stereocenters. The zero-order chi connectivity index (χ0) is 8.39. The second-order valence-corrected chi connectivity index (χ2v) is 3.00. The summed E-state index contributed by atoms with van der Waals surface area (Å²) >= 11 is 1.33. The topological polar surface area (TPSA) is 72.2 Å². The summed E-state index contributed by atoms with van der Waals surface area (Å²) in [6.07, 6.45) is 2.95. The van der Waals surface area contributed by atoms with Crippen molar-refractivity contribution in [3.63, 3.8) is 0 Å². The van der Waals surface area contributed by atoms with Crippen molar-refractivity contribution in [2.24, 2.45) is 5.10 Å². The first-order valence-corrected chi connectivity index (χ1v) is 4.19. The van der Waals surface area contributed by atoms with Gasteiger partial charge in [-0.25, -0.2) is 10.4 Å². The molecule has 1 amide bonds. The zero-order valence-electron chi connectivity index (χ0n) is 5.97. The van der Waals surface area contributed by atoms with Gasteiger partial charge in [0.15, 0.2) is 0 Å². The molecule has 2 heterocycles. The number of rotatable bonds is 0. The number of thioether (sulfide) groups is 1. The summed E-state index contributed by atoms with van der Waals surface area (Å²) in [4.78, 5) is 14.5. The summed E-state index contributed by atoms with van der Waals surface area (Å²) < 4.78 is 1.50.